The van der Waals surface area contributed by atoms with Crippen molar-refractivity contribution < 1.29 is 33.3 Å². The molecule has 0 saturated carbocycles. The van der Waals surface area contributed by atoms with Crippen LogP contribution in [-0.2, 0) is 22.6 Å². The van der Waals surface area contributed by atoms with Crippen LogP contribution in [0.1, 0.15) is 53.9 Å². The first-order chi connectivity index (χ1) is 22.1. The molecule has 246 valence electrons. The van der Waals surface area contributed by atoms with Gasteiger partial charge in [0.25, 0.3) is 5.91 Å². The molecule has 0 spiro atoms. The summed E-state index contributed by atoms with van der Waals surface area (Å²) < 4.78 is 24.4. The number of methoxy groups -OCH3 is 1. The summed E-state index contributed by atoms with van der Waals surface area (Å²) in [7, 11) is 1.53. The average Bonchev–Trinajstić information content (AvgIpc) is 3.40. The van der Waals surface area contributed by atoms with E-state index in [0.717, 1.165) is 0 Å². The second kappa shape index (κ2) is 14.7. The van der Waals surface area contributed by atoms with Gasteiger partial charge in [0.1, 0.15) is 31.5 Å². The minimum absolute atomic E-state index is 0.0366. The van der Waals surface area contributed by atoms with E-state index in [0.29, 0.717) is 77.0 Å². The third-order valence-corrected chi connectivity index (χ3v) is 8.04. The minimum Gasteiger partial charge on any atom is -0.493 e. The van der Waals surface area contributed by atoms with Gasteiger partial charge in [0.2, 0.25) is 11.8 Å². The lowest BCUT2D eigenvalue weighted by atomic mass is 10.0. The number of aryl methyl sites for hydroxylation is 1. The fourth-order valence-corrected chi connectivity index (χ4v) is 5.56. The summed E-state index contributed by atoms with van der Waals surface area (Å²) in [5.74, 6) is 2.07. The number of aromatic nitrogens is 3. The molecule has 3 aromatic rings. The van der Waals surface area contributed by atoms with Crippen molar-refractivity contribution in [1.82, 2.24) is 30.3 Å². The van der Waals surface area contributed by atoms with Gasteiger partial charge < -0.3 is 34.5 Å². The maximum Gasteiger partial charge on any atom is 0.251 e. The minimum atomic E-state index is -0.478. The van der Waals surface area contributed by atoms with Crippen LogP contribution < -0.4 is 29.6 Å². The largest absolute Gasteiger partial charge is 0.493 e. The lowest BCUT2D eigenvalue weighted by Crippen LogP contribution is -2.44. The van der Waals surface area contributed by atoms with Crippen LogP contribution in [0.3, 0.4) is 0 Å². The van der Waals surface area contributed by atoms with Crippen molar-refractivity contribution in [2.24, 2.45) is 5.92 Å². The highest BCUT2D eigenvalue weighted by molar-refractivity contribution is 6.31. The van der Waals surface area contributed by atoms with Crippen molar-refractivity contribution in [2.75, 3.05) is 46.6 Å². The van der Waals surface area contributed by atoms with Crippen molar-refractivity contribution in [3.05, 3.63) is 58.1 Å². The number of hydrogen-bond donors (Lipinski definition) is 2. The molecule has 1 atom stereocenters. The van der Waals surface area contributed by atoms with Gasteiger partial charge in [0.05, 0.1) is 32.7 Å². The molecule has 3 heterocycles. The number of benzene rings is 2. The highest BCUT2D eigenvalue weighted by Gasteiger charge is 2.27. The van der Waals surface area contributed by atoms with E-state index in [1.54, 1.807) is 41.9 Å². The number of amides is 3. The Bertz CT molecular complexity index is 1590. The van der Waals surface area contributed by atoms with Crippen molar-refractivity contribution in [3.8, 4) is 23.0 Å². The molecule has 0 unspecified atom stereocenters. The normalized spacial score (nSPS) is 17.6. The molecule has 1 aromatic heterocycles. The molecule has 0 radical (unpaired) electrons. The van der Waals surface area contributed by atoms with Crippen LogP contribution in [0.15, 0.2) is 30.3 Å². The summed E-state index contributed by atoms with van der Waals surface area (Å²) in [6.07, 6.45) is 0.352. The first-order valence-electron chi connectivity index (χ1n) is 15.3. The third-order valence-electron chi connectivity index (χ3n) is 7.68. The highest BCUT2D eigenvalue weighted by atomic mass is 35.5. The Kier molecular flexibility index (Phi) is 10.5. The molecule has 0 saturated heterocycles. The van der Waals surface area contributed by atoms with E-state index in [4.69, 9.17) is 30.5 Å². The number of carbonyl (C=O) groups is 3. The van der Waals surface area contributed by atoms with E-state index < -0.39 is 6.04 Å². The molecule has 0 fully saturated rings. The van der Waals surface area contributed by atoms with Crippen LogP contribution >= 0.6 is 11.6 Å². The van der Waals surface area contributed by atoms with Gasteiger partial charge in [-0.25, -0.2) is 9.67 Å². The van der Waals surface area contributed by atoms with E-state index in [-0.39, 0.29) is 56.3 Å². The Morgan fingerprint density at radius 1 is 1.07 bits per heavy atom. The Labute approximate surface area is 272 Å². The van der Waals surface area contributed by atoms with Gasteiger partial charge >= 0.3 is 0 Å². The number of halogens is 1. The molecule has 2 aliphatic rings. The summed E-state index contributed by atoms with van der Waals surface area (Å²) in [6.45, 7) is 7.39. The van der Waals surface area contributed by atoms with E-state index in [1.165, 1.54) is 12.0 Å². The van der Waals surface area contributed by atoms with Gasteiger partial charge in [-0.1, -0.05) is 25.4 Å². The van der Waals surface area contributed by atoms with E-state index in [1.807, 2.05) is 13.8 Å². The first kappa shape index (κ1) is 32.9. The maximum atomic E-state index is 13.7. The molecule has 2 bridgehead atoms. The number of ether oxygens (including phenoxy) is 4. The summed E-state index contributed by atoms with van der Waals surface area (Å²) in [4.78, 5) is 46.3. The Morgan fingerprint density at radius 2 is 1.80 bits per heavy atom. The number of fused-ring (bicyclic) bond motifs is 4. The van der Waals surface area contributed by atoms with Crippen LogP contribution in [0.5, 0.6) is 23.0 Å². The summed E-state index contributed by atoms with van der Waals surface area (Å²) in [5.41, 5.74) is 0.958. The van der Waals surface area contributed by atoms with Crippen molar-refractivity contribution >= 4 is 29.3 Å². The molecule has 5 rings (SSSR count). The molecule has 0 aliphatic carbocycles. The monoisotopic (exact) mass is 654 g/mol. The SMILES string of the molecule is COc1ccc2cc1OCCn1nc(C)nc1[C@H](C(C)C)NC(=O)CN(C(=O)Cc1cc3c(cc1Cl)OCCO3)CCCNC2=O. The second-order valence-electron chi connectivity index (χ2n) is 11.4. The van der Waals surface area contributed by atoms with E-state index in [2.05, 4.69) is 20.7 Å². The van der Waals surface area contributed by atoms with Crippen molar-refractivity contribution in [3.63, 3.8) is 0 Å². The quantitative estimate of drug-likeness (QED) is 0.433. The van der Waals surface area contributed by atoms with Crippen LogP contribution in [-0.4, -0.2) is 84.0 Å². The smallest absolute Gasteiger partial charge is 0.251 e. The number of rotatable bonds is 4. The van der Waals surface area contributed by atoms with Gasteiger partial charge in [-0.3, -0.25) is 14.4 Å². The number of carbonyl (C=O) groups excluding carboxylic acids is 3. The van der Waals surface area contributed by atoms with Crippen LogP contribution in [0, 0.1) is 12.8 Å². The van der Waals surface area contributed by atoms with E-state index in [9.17, 15) is 14.4 Å². The summed E-state index contributed by atoms with van der Waals surface area (Å²) in [6, 6.07) is 7.84. The lowest BCUT2D eigenvalue weighted by molar-refractivity contribution is -0.136. The van der Waals surface area contributed by atoms with Gasteiger partial charge in [0.15, 0.2) is 23.0 Å². The Morgan fingerprint density at radius 3 is 2.54 bits per heavy atom. The zero-order valence-corrected chi connectivity index (χ0v) is 27.2. The van der Waals surface area contributed by atoms with Gasteiger partial charge in [-0.05, 0) is 49.1 Å². The molecular formula is C32H39ClN6O7. The third kappa shape index (κ3) is 7.82. The molecule has 3 amide bonds. The summed E-state index contributed by atoms with van der Waals surface area (Å²) in [5, 5.41) is 10.9. The number of nitrogens with zero attached hydrogens (tertiary/aromatic N) is 4. The zero-order chi connectivity index (χ0) is 32.8. The predicted octanol–water partition coefficient (Wildman–Crippen LogP) is 3.12. The van der Waals surface area contributed by atoms with Crippen LogP contribution in [0.4, 0.5) is 0 Å². The molecule has 2 aromatic carbocycles. The Hall–Kier alpha value is -4.52. The second-order valence-corrected chi connectivity index (χ2v) is 11.8. The lowest BCUT2D eigenvalue weighted by Gasteiger charge is -2.27. The van der Waals surface area contributed by atoms with Gasteiger partial charge in [-0.15, -0.1) is 0 Å². The highest BCUT2D eigenvalue weighted by Crippen LogP contribution is 2.36. The van der Waals surface area contributed by atoms with Crippen LogP contribution in [0.2, 0.25) is 5.02 Å². The van der Waals surface area contributed by atoms with Crippen LogP contribution in [0.25, 0.3) is 0 Å². The first-order valence-corrected chi connectivity index (χ1v) is 15.7. The molecule has 13 nitrogen and oxygen atoms in total. The molecule has 14 heteroatoms. The molecule has 2 N–H and O–H groups in total. The number of hydrogen-bond acceptors (Lipinski definition) is 9. The Balaban J connectivity index is 1.41. The van der Waals surface area contributed by atoms with E-state index >= 15 is 0 Å². The topological polar surface area (TPSA) is 146 Å². The molecule has 46 heavy (non-hydrogen) atoms. The zero-order valence-electron chi connectivity index (χ0n) is 26.4. The fourth-order valence-electron chi connectivity index (χ4n) is 5.34. The van der Waals surface area contributed by atoms with Crippen molar-refractivity contribution in [2.45, 2.75) is 46.2 Å². The molecule has 2 aliphatic heterocycles. The predicted molar refractivity (Wildman–Crippen MR) is 169 cm³/mol. The number of nitrogens with one attached hydrogen (secondary N) is 2. The fraction of sp³-hybridized carbons (Fsp3) is 0.469. The van der Waals surface area contributed by atoms with Gasteiger partial charge in [0, 0.05) is 29.7 Å². The average molecular weight is 655 g/mol. The van der Waals surface area contributed by atoms with Crippen molar-refractivity contribution in [1.29, 1.82) is 0 Å². The molecular weight excluding hydrogens is 616 g/mol. The maximum absolute atomic E-state index is 13.7. The summed E-state index contributed by atoms with van der Waals surface area (Å²) >= 11 is 6.51. The van der Waals surface area contributed by atoms with Gasteiger partial charge in [-0.2, -0.15) is 5.10 Å². The standard InChI is InChI=1S/C32H39ClN6O7/c1-19(2)30-31-35-20(3)37-39(31)10-11-44-25-14-21(6-7-24(25)43-4)32(42)34-8-5-9-38(18-28(40)36-30)29(41)16-22-15-26-27(17-23(22)33)46-13-12-45-26/h6-7,14-15,17,19,30H,5,8-13,16,18H2,1-4H3,(H,34,42)(H,36,40)/t30-/m0/s1.